The number of fused-ring (bicyclic) bond motifs is 2. The van der Waals surface area contributed by atoms with Crippen molar-refractivity contribution in [1.82, 2.24) is 4.98 Å². The van der Waals surface area contributed by atoms with Crippen LogP contribution in [0.25, 0.3) is 10.9 Å². The fourth-order valence-electron chi connectivity index (χ4n) is 3.26. The van der Waals surface area contributed by atoms with Crippen molar-refractivity contribution in [2.45, 2.75) is 12.8 Å². The second kappa shape index (κ2) is 5.12. The van der Waals surface area contributed by atoms with E-state index in [1.54, 1.807) is 0 Å². The third-order valence-electron chi connectivity index (χ3n) is 4.36. The normalized spacial score (nSPS) is 13.9. The van der Waals surface area contributed by atoms with Crippen LogP contribution in [0, 0.1) is 0 Å². The second-order valence-electron chi connectivity index (χ2n) is 5.62. The molecule has 0 radical (unpaired) electrons. The highest BCUT2D eigenvalue weighted by molar-refractivity contribution is 6.30. The number of hydrogen-bond donors (Lipinski definition) is 1. The molecule has 4 rings (SSSR count). The van der Waals surface area contributed by atoms with E-state index in [-0.39, 0.29) is 0 Å². The maximum absolute atomic E-state index is 6.07. The lowest BCUT2D eigenvalue weighted by atomic mass is 10.1. The summed E-state index contributed by atoms with van der Waals surface area (Å²) in [4.78, 5) is 5.82. The van der Waals surface area contributed by atoms with E-state index < -0.39 is 0 Å². The van der Waals surface area contributed by atoms with Gasteiger partial charge in [0.15, 0.2) is 0 Å². The summed E-state index contributed by atoms with van der Waals surface area (Å²) in [7, 11) is 0. The molecule has 0 aliphatic carbocycles. The van der Waals surface area contributed by atoms with Gasteiger partial charge in [0, 0.05) is 40.9 Å². The zero-order chi connectivity index (χ0) is 14.2. The predicted octanol–water partition coefficient (Wildman–Crippen LogP) is 4.43. The Morgan fingerprint density at radius 3 is 3.00 bits per heavy atom. The molecule has 0 atom stereocenters. The zero-order valence-electron chi connectivity index (χ0n) is 11.8. The number of halogens is 1. The molecule has 0 unspecified atom stereocenters. The minimum absolute atomic E-state index is 0.840. The van der Waals surface area contributed by atoms with Crippen LogP contribution in [0.3, 0.4) is 0 Å². The molecule has 1 aliphatic heterocycles. The molecule has 0 fully saturated rings. The van der Waals surface area contributed by atoms with Crippen molar-refractivity contribution in [3.8, 4) is 0 Å². The molecule has 1 N–H and O–H groups in total. The molecular weight excluding hydrogens is 280 g/mol. The first-order valence-electron chi connectivity index (χ1n) is 7.39. The van der Waals surface area contributed by atoms with Gasteiger partial charge in [0.25, 0.3) is 0 Å². The Labute approximate surface area is 129 Å². The van der Waals surface area contributed by atoms with Crippen LogP contribution < -0.4 is 4.90 Å². The number of benzene rings is 2. The number of rotatable bonds is 3. The number of aromatic amines is 1. The molecule has 106 valence electrons. The molecule has 0 amide bonds. The lowest BCUT2D eigenvalue weighted by molar-refractivity contribution is 0.816. The van der Waals surface area contributed by atoms with Crippen LogP contribution in [0.1, 0.15) is 11.1 Å². The third kappa shape index (κ3) is 2.30. The second-order valence-corrected chi connectivity index (χ2v) is 6.06. The molecule has 3 heteroatoms. The SMILES string of the molecule is Clc1ccc2c(c1)CCN2CCc1c[nH]c2ccccc12. The Bertz CT molecular complexity index is 791. The molecule has 2 heterocycles. The maximum atomic E-state index is 6.07. The third-order valence-corrected chi connectivity index (χ3v) is 4.59. The van der Waals surface area contributed by atoms with Gasteiger partial charge in [-0.1, -0.05) is 29.8 Å². The summed E-state index contributed by atoms with van der Waals surface area (Å²) in [6.45, 7) is 2.15. The molecule has 0 saturated heterocycles. The number of anilines is 1. The molecule has 21 heavy (non-hydrogen) atoms. The highest BCUT2D eigenvalue weighted by Crippen LogP contribution is 2.30. The minimum atomic E-state index is 0.840. The Morgan fingerprint density at radius 1 is 1.14 bits per heavy atom. The average molecular weight is 297 g/mol. The van der Waals surface area contributed by atoms with E-state index in [4.69, 9.17) is 11.6 Å². The van der Waals surface area contributed by atoms with Gasteiger partial charge in [-0.25, -0.2) is 0 Å². The van der Waals surface area contributed by atoms with E-state index in [1.165, 1.54) is 27.7 Å². The summed E-state index contributed by atoms with van der Waals surface area (Å²) in [5.41, 5.74) is 5.34. The molecule has 2 aromatic carbocycles. The average Bonchev–Trinajstić information content (AvgIpc) is 3.08. The summed E-state index contributed by atoms with van der Waals surface area (Å²) in [5.74, 6) is 0. The van der Waals surface area contributed by atoms with Crippen molar-refractivity contribution < 1.29 is 0 Å². The molecule has 2 nitrogen and oxygen atoms in total. The zero-order valence-corrected chi connectivity index (χ0v) is 12.5. The molecule has 1 aliphatic rings. The van der Waals surface area contributed by atoms with Crippen molar-refractivity contribution in [2.75, 3.05) is 18.0 Å². The number of nitrogens with one attached hydrogen (secondary N) is 1. The van der Waals surface area contributed by atoms with Crippen molar-refractivity contribution in [1.29, 1.82) is 0 Å². The fraction of sp³-hybridized carbons (Fsp3) is 0.222. The molecule has 0 bridgehead atoms. The van der Waals surface area contributed by atoms with E-state index in [0.717, 1.165) is 31.0 Å². The van der Waals surface area contributed by atoms with Gasteiger partial charge in [-0.15, -0.1) is 0 Å². The lowest BCUT2D eigenvalue weighted by Crippen LogP contribution is -2.23. The number of aromatic nitrogens is 1. The largest absolute Gasteiger partial charge is 0.371 e. The Kier molecular flexibility index (Phi) is 3.12. The van der Waals surface area contributed by atoms with Crippen LogP contribution in [0.4, 0.5) is 5.69 Å². The highest BCUT2D eigenvalue weighted by atomic mass is 35.5. The Hall–Kier alpha value is -1.93. The van der Waals surface area contributed by atoms with Gasteiger partial charge in [-0.2, -0.15) is 0 Å². The molecule has 0 saturated carbocycles. The molecule has 0 spiro atoms. The van der Waals surface area contributed by atoms with E-state index in [2.05, 4.69) is 52.5 Å². The first kappa shape index (κ1) is 12.8. The highest BCUT2D eigenvalue weighted by Gasteiger charge is 2.19. The number of nitrogens with zero attached hydrogens (tertiary/aromatic N) is 1. The van der Waals surface area contributed by atoms with Crippen molar-refractivity contribution in [3.05, 3.63) is 64.8 Å². The molecule has 1 aromatic heterocycles. The van der Waals surface area contributed by atoms with Gasteiger partial charge in [0.2, 0.25) is 0 Å². The van der Waals surface area contributed by atoms with Crippen LogP contribution in [-0.4, -0.2) is 18.1 Å². The van der Waals surface area contributed by atoms with Gasteiger partial charge < -0.3 is 9.88 Å². The van der Waals surface area contributed by atoms with Gasteiger partial charge in [-0.3, -0.25) is 0 Å². The molecule has 3 aromatic rings. The van der Waals surface area contributed by atoms with E-state index >= 15 is 0 Å². The van der Waals surface area contributed by atoms with Gasteiger partial charge in [-0.05, 0) is 48.2 Å². The monoisotopic (exact) mass is 296 g/mol. The maximum Gasteiger partial charge on any atom is 0.0456 e. The minimum Gasteiger partial charge on any atom is -0.371 e. The number of H-pyrrole nitrogens is 1. The van der Waals surface area contributed by atoms with Crippen LogP contribution in [-0.2, 0) is 12.8 Å². The van der Waals surface area contributed by atoms with Crippen molar-refractivity contribution in [2.24, 2.45) is 0 Å². The topological polar surface area (TPSA) is 19.0 Å². The van der Waals surface area contributed by atoms with Crippen LogP contribution >= 0.6 is 11.6 Å². The summed E-state index contributed by atoms with van der Waals surface area (Å²) in [6.07, 6.45) is 4.30. The van der Waals surface area contributed by atoms with Crippen molar-refractivity contribution in [3.63, 3.8) is 0 Å². The quantitative estimate of drug-likeness (QED) is 0.758. The Morgan fingerprint density at radius 2 is 2.05 bits per heavy atom. The van der Waals surface area contributed by atoms with Crippen LogP contribution in [0.2, 0.25) is 5.02 Å². The van der Waals surface area contributed by atoms with Crippen LogP contribution in [0.15, 0.2) is 48.7 Å². The first-order valence-corrected chi connectivity index (χ1v) is 7.77. The number of para-hydroxylation sites is 1. The first-order chi connectivity index (χ1) is 10.3. The summed E-state index contributed by atoms with van der Waals surface area (Å²) < 4.78 is 0. The lowest BCUT2D eigenvalue weighted by Gasteiger charge is -2.19. The fourth-order valence-corrected chi connectivity index (χ4v) is 3.46. The standard InChI is InChI=1S/C18H17ClN2/c19-15-5-6-18-13(11-15)7-9-21(18)10-8-14-12-20-17-4-2-1-3-16(14)17/h1-6,11-12,20H,7-10H2. The number of hydrogen-bond acceptors (Lipinski definition) is 1. The van der Waals surface area contributed by atoms with E-state index in [0.29, 0.717) is 0 Å². The summed E-state index contributed by atoms with van der Waals surface area (Å²) in [6, 6.07) is 14.7. The predicted molar refractivity (Wildman–Crippen MR) is 89.4 cm³/mol. The Balaban J connectivity index is 1.54. The summed E-state index contributed by atoms with van der Waals surface area (Å²) in [5, 5.41) is 2.18. The van der Waals surface area contributed by atoms with Crippen molar-refractivity contribution >= 4 is 28.2 Å². The summed E-state index contributed by atoms with van der Waals surface area (Å²) >= 11 is 6.07. The van der Waals surface area contributed by atoms with E-state index in [9.17, 15) is 0 Å². The van der Waals surface area contributed by atoms with Gasteiger partial charge in [0.1, 0.15) is 0 Å². The van der Waals surface area contributed by atoms with Gasteiger partial charge in [0.05, 0.1) is 0 Å². The van der Waals surface area contributed by atoms with Gasteiger partial charge >= 0.3 is 0 Å². The smallest absolute Gasteiger partial charge is 0.0456 e. The molecular formula is C18H17ClN2. The van der Waals surface area contributed by atoms with Crippen LogP contribution in [0.5, 0.6) is 0 Å². The van der Waals surface area contributed by atoms with E-state index in [1.807, 2.05) is 6.07 Å².